The summed E-state index contributed by atoms with van der Waals surface area (Å²) in [7, 11) is 0. The van der Waals surface area contributed by atoms with Crippen molar-refractivity contribution in [3.05, 3.63) is 0 Å². The highest BCUT2D eigenvalue weighted by Crippen LogP contribution is 2.14. The molecular weight excluding hydrogens is 588 g/mol. The van der Waals surface area contributed by atoms with Crippen molar-refractivity contribution in [2.24, 2.45) is 0 Å². The maximum Gasteiger partial charge on any atom is 0.333 e. The number of hydrogen-bond donors (Lipinski definition) is 2. The van der Waals surface area contributed by atoms with E-state index >= 15 is 0 Å². The van der Waals surface area contributed by atoms with Crippen molar-refractivity contribution in [1.82, 2.24) is 20.8 Å². The van der Waals surface area contributed by atoms with Gasteiger partial charge in [-0.15, -0.1) is 10.1 Å². The van der Waals surface area contributed by atoms with Gasteiger partial charge in [-0.3, -0.25) is 28.8 Å². The Balaban J connectivity index is 1.34. The fourth-order valence-electron chi connectivity index (χ4n) is 3.75. The number of rotatable bonds is 22. The van der Waals surface area contributed by atoms with E-state index in [1.54, 1.807) is 0 Å². The Hall–Kier alpha value is -3.96. The lowest BCUT2D eigenvalue weighted by Crippen LogP contribution is -2.33. The molecule has 2 aliphatic rings. The lowest BCUT2D eigenvalue weighted by Gasteiger charge is -2.14. The van der Waals surface area contributed by atoms with Crippen LogP contribution in [0.3, 0.4) is 0 Å². The highest BCUT2D eigenvalue weighted by molar-refractivity contribution is 6.02. The first-order chi connectivity index (χ1) is 21.1. The van der Waals surface area contributed by atoms with E-state index in [0.717, 1.165) is 0 Å². The van der Waals surface area contributed by atoms with Gasteiger partial charge in [0.2, 0.25) is 11.8 Å². The van der Waals surface area contributed by atoms with Crippen LogP contribution in [-0.2, 0) is 62.2 Å². The number of hydroxylamine groups is 4. The van der Waals surface area contributed by atoms with Crippen molar-refractivity contribution in [2.75, 3.05) is 46.1 Å². The van der Waals surface area contributed by atoms with Crippen LogP contribution in [0.4, 0.5) is 0 Å². The van der Waals surface area contributed by atoms with Crippen molar-refractivity contribution in [1.29, 1.82) is 0 Å². The Labute approximate surface area is 254 Å². The molecule has 0 aromatic heterocycles. The lowest BCUT2D eigenvalue weighted by atomic mass is 10.3. The van der Waals surface area contributed by atoms with Crippen molar-refractivity contribution in [3.63, 3.8) is 0 Å². The highest BCUT2D eigenvalue weighted by atomic mass is 16.7. The summed E-state index contributed by atoms with van der Waals surface area (Å²) >= 11 is 0. The molecule has 2 heterocycles. The molecule has 0 aromatic carbocycles. The summed E-state index contributed by atoms with van der Waals surface area (Å²) in [6.07, 6.45) is 0.400. The molecule has 0 saturated carbocycles. The number of carbonyl (C=O) groups is 8. The highest BCUT2D eigenvalue weighted by Gasteiger charge is 2.33. The third-order valence-electron chi connectivity index (χ3n) is 6.10. The van der Waals surface area contributed by atoms with Gasteiger partial charge >= 0.3 is 11.9 Å². The van der Waals surface area contributed by atoms with Crippen LogP contribution < -0.4 is 10.6 Å². The van der Waals surface area contributed by atoms with Crippen LogP contribution in [0.15, 0.2) is 0 Å². The molecule has 0 radical (unpaired) electrons. The topological polar surface area (TPSA) is 213 Å². The molecule has 246 valence electrons. The van der Waals surface area contributed by atoms with Gasteiger partial charge in [-0.25, -0.2) is 9.59 Å². The predicted octanol–water partition coefficient (Wildman–Crippen LogP) is -0.788. The zero-order chi connectivity index (χ0) is 32.3. The second-order valence-corrected chi connectivity index (χ2v) is 9.87. The van der Waals surface area contributed by atoms with Crippen LogP contribution in [0.2, 0.25) is 0 Å². The van der Waals surface area contributed by atoms with E-state index < -0.39 is 41.5 Å². The minimum Gasteiger partial charge on any atom is -0.379 e. The lowest BCUT2D eigenvalue weighted by molar-refractivity contribution is -0.197. The second kappa shape index (κ2) is 20.1. The Bertz CT molecular complexity index is 939. The second-order valence-electron chi connectivity index (χ2n) is 9.87. The summed E-state index contributed by atoms with van der Waals surface area (Å²) in [6, 6.07) is 0. The van der Waals surface area contributed by atoms with Crippen LogP contribution in [0.1, 0.15) is 71.1 Å². The standard InChI is InChI=1S/C27H40N4O13/c1-19(18-41-14-3-2-12-28-20(32)4-10-26(38)43-30-22(34)6-7-23(30)35)42-17-16-40-15-13-29-21(33)5-11-27(39)44-31-24(36)8-9-25(31)37/h19H,2-18H2,1H3,(H,28,32)(H,29,33). The molecule has 44 heavy (non-hydrogen) atoms. The minimum atomic E-state index is -0.840. The van der Waals surface area contributed by atoms with E-state index in [4.69, 9.17) is 19.0 Å². The molecular formula is C27H40N4O13. The Kier molecular flexibility index (Phi) is 16.5. The van der Waals surface area contributed by atoms with Crippen molar-refractivity contribution in [2.45, 2.75) is 77.2 Å². The summed E-state index contributed by atoms with van der Waals surface area (Å²) < 4.78 is 16.5. The Morgan fingerprint density at radius 1 is 0.636 bits per heavy atom. The molecule has 2 saturated heterocycles. The average molecular weight is 629 g/mol. The van der Waals surface area contributed by atoms with Crippen LogP contribution in [0, 0.1) is 0 Å². The van der Waals surface area contributed by atoms with Gasteiger partial charge in [-0.05, 0) is 19.8 Å². The van der Waals surface area contributed by atoms with Gasteiger partial charge in [0.05, 0.1) is 45.4 Å². The van der Waals surface area contributed by atoms with Gasteiger partial charge in [0, 0.05) is 58.2 Å². The zero-order valence-corrected chi connectivity index (χ0v) is 24.8. The zero-order valence-electron chi connectivity index (χ0n) is 24.8. The molecule has 6 amide bonds. The van der Waals surface area contributed by atoms with Crippen LogP contribution in [-0.4, -0.2) is 110 Å². The number of carbonyl (C=O) groups excluding carboxylic acids is 8. The molecule has 2 aliphatic heterocycles. The maximum absolute atomic E-state index is 11.8. The molecule has 0 aliphatic carbocycles. The molecule has 1 atom stereocenters. The quantitative estimate of drug-likeness (QED) is 0.111. The first kappa shape index (κ1) is 36.2. The van der Waals surface area contributed by atoms with E-state index in [2.05, 4.69) is 15.5 Å². The van der Waals surface area contributed by atoms with E-state index in [0.29, 0.717) is 55.9 Å². The summed E-state index contributed by atoms with van der Waals surface area (Å²) in [4.78, 5) is 102. The molecule has 0 spiro atoms. The molecule has 1 unspecified atom stereocenters. The summed E-state index contributed by atoms with van der Waals surface area (Å²) in [5, 5.41) is 6.15. The smallest absolute Gasteiger partial charge is 0.333 e. The number of amides is 6. The fraction of sp³-hybridized carbons (Fsp3) is 0.704. The third kappa shape index (κ3) is 14.5. The minimum absolute atomic E-state index is 0.00111. The first-order valence-electron chi connectivity index (χ1n) is 14.5. The molecule has 17 nitrogen and oxygen atoms in total. The Morgan fingerprint density at radius 2 is 1.14 bits per heavy atom. The van der Waals surface area contributed by atoms with Gasteiger partial charge in [-0.1, -0.05) is 0 Å². The molecule has 2 rings (SSSR count). The molecule has 2 fully saturated rings. The number of unbranched alkanes of at least 4 members (excludes halogenated alkanes) is 1. The maximum atomic E-state index is 11.8. The van der Waals surface area contributed by atoms with Crippen LogP contribution in [0.25, 0.3) is 0 Å². The van der Waals surface area contributed by atoms with Crippen LogP contribution in [0.5, 0.6) is 0 Å². The number of hydrogen-bond acceptors (Lipinski definition) is 13. The van der Waals surface area contributed by atoms with Crippen molar-refractivity contribution < 1.29 is 62.2 Å². The van der Waals surface area contributed by atoms with Gasteiger partial charge < -0.3 is 34.5 Å². The van der Waals surface area contributed by atoms with Crippen molar-refractivity contribution >= 4 is 47.4 Å². The van der Waals surface area contributed by atoms with Crippen molar-refractivity contribution in [3.8, 4) is 0 Å². The normalized spacial score (nSPS) is 15.5. The van der Waals surface area contributed by atoms with Gasteiger partial charge in [0.1, 0.15) is 0 Å². The monoisotopic (exact) mass is 628 g/mol. The van der Waals surface area contributed by atoms with Crippen LogP contribution >= 0.6 is 0 Å². The fourth-order valence-corrected chi connectivity index (χ4v) is 3.75. The number of ether oxygens (including phenoxy) is 3. The van der Waals surface area contributed by atoms with Gasteiger partial charge in [0.15, 0.2) is 0 Å². The van der Waals surface area contributed by atoms with Gasteiger partial charge in [0.25, 0.3) is 23.6 Å². The van der Waals surface area contributed by atoms with E-state index in [-0.39, 0.29) is 76.5 Å². The molecule has 17 heteroatoms. The summed E-state index contributed by atoms with van der Waals surface area (Å²) in [5.74, 6) is -4.71. The van der Waals surface area contributed by atoms with Gasteiger partial charge in [-0.2, -0.15) is 0 Å². The predicted molar refractivity (Wildman–Crippen MR) is 145 cm³/mol. The largest absolute Gasteiger partial charge is 0.379 e. The van der Waals surface area contributed by atoms with E-state index in [1.807, 2.05) is 6.92 Å². The average Bonchev–Trinajstić information content (AvgIpc) is 3.48. The van der Waals surface area contributed by atoms with E-state index in [1.165, 1.54) is 0 Å². The number of imide groups is 2. The molecule has 0 aromatic rings. The molecule has 2 N–H and O–H groups in total. The number of nitrogens with one attached hydrogen (secondary N) is 2. The SMILES string of the molecule is CC(COCCCCNC(=O)CCC(=O)ON1C(=O)CCC1=O)OCCOCCNC(=O)CCC(=O)ON1C(=O)CCC1=O. The van der Waals surface area contributed by atoms with E-state index in [9.17, 15) is 38.4 Å². The summed E-state index contributed by atoms with van der Waals surface area (Å²) in [5.41, 5.74) is 0. The molecule has 0 bridgehead atoms. The number of nitrogens with zero attached hydrogens (tertiary/aromatic N) is 2. The Morgan fingerprint density at radius 3 is 1.66 bits per heavy atom. The third-order valence-corrected chi connectivity index (χ3v) is 6.10. The first-order valence-corrected chi connectivity index (χ1v) is 14.5. The summed E-state index contributed by atoms with van der Waals surface area (Å²) in [6.45, 7) is 4.18.